The van der Waals surface area contributed by atoms with Gasteiger partial charge in [0.15, 0.2) is 0 Å². The largest absolute Gasteiger partial charge is 0.462 e. The fraction of sp³-hybridized carbons (Fsp3) is 0.375. The molecule has 8 heteroatoms. The zero-order chi connectivity index (χ0) is 23.3. The van der Waals surface area contributed by atoms with Gasteiger partial charge in [-0.15, -0.1) is 11.8 Å². The highest BCUT2D eigenvalue weighted by Gasteiger charge is 2.59. The molecule has 0 radical (unpaired) electrons. The smallest absolute Gasteiger partial charge is 0.325 e. The fourth-order valence-corrected chi connectivity index (χ4v) is 5.13. The van der Waals surface area contributed by atoms with Crippen LogP contribution in [0.1, 0.15) is 38.8 Å². The quantitative estimate of drug-likeness (QED) is 0.267. The Kier molecular flexibility index (Phi) is 5.45. The maximum absolute atomic E-state index is 12.7. The molecule has 1 atom stereocenters. The van der Waals surface area contributed by atoms with Crippen LogP contribution in [-0.2, 0) is 14.9 Å². The number of esters is 1. The number of anilines is 1. The molecule has 0 fully saturated rings. The van der Waals surface area contributed by atoms with Crippen LogP contribution in [0.5, 0.6) is 5.75 Å². The van der Waals surface area contributed by atoms with Gasteiger partial charge < -0.3 is 14.4 Å². The summed E-state index contributed by atoms with van der Waals surface area (Å²) in [5.41, 5.74) is 1.10. The Hall–Kier alpha value is -3.00. The normalized spacial score (nSPS) is 20.1. The van der Waals surface area contributed by atoms with Gasteiger partial charge in [0.2, 0.25) is 5.72 Å². The Bertz CT molecular complexity index is 1130. The van der Waals surface area contributed by atoms with Gasteiger partial charge in [-0.3, -0.25) is 14.9 Å². The first kappa shape index (κ1) is 22.2. The van der Waals surface area contributed by atoms with E-state index in [4.69, 9.17) is 9.47 Å². The number of thioether (sulfide) groups is 1. The summed E-state index contributed by atoms with van der Waals surface area (Å²) in [7, 11) is 0. The summed E-state index contributed by atoms with van der Waals surface area (Å²) >= 11 is 1.39. The first-order valence-corrected chi connectivity index (χ1v) is 11.6. The van der Waals surface area contributed by atoms with Gasteiger partial charge in [0.05, 0.1) is 21.3 Å². The number of non-ortho nitro benzene ring substituents is 1. The number of nitrogens with zero attached hydrogens (tertiary/aromatic N) is 2. The van der Waals surface area contributed by atoms with Crippen LogP contribution in [0.4, 0.5) is 11.4 Å². The third-order valence-electron chi connectivity index (χ3n) is 6.06. The monoisotopic (exact) mass is 454 g/mol. The van der Waals surface area contributed by atoms with Gasteiger partial charge >= 0.3 is 5.97 Å². The van der Waals surface area contributed by atoms with Crippen LogP contribution >= 0.6 is 11.8 Å². The van der Waals surface area contributed by atoms with Crippen molar-refractivity contribution in [3.8, 4) is 5.75 Å². The maximum Gasteiger partial charge on any atom is 0.325 e. The number of benzene rings is 2. The summed E-state index contributed by atoms with van der Waals surface area (Å²) < 4.78 is 12.2. The first-order chi connectivity index (χ1) is 15.1. The third kappa shape index (κ3) is 3.33. The van der Waals surface area contributed by atoms with Crippen molar-refractivity contribution in [1.29, 1.82) is 0 Å². The molecule has 168 valence electrons. The Morgan fingerprint density at radius 2 is 2.00 bits per heavy atom. The van der Waals surface area contributed by atoms with Crippen LogP contribution in [-0.4, -0.2) is 35.5 Å². The molecule has 7 nitrogen and oxygen atoms in total. The molecule has 2 aliphatic rings. The average Bonchev–Trinajstić information content (AvgIpc) is 2.91. The third-order valence-corrected chi connectivity index (χ3v) is 6.81. The number of hydrogen-bond donors (Lipinski definition) is 0. The van der Waals surface area contributed by atoms with Gasteiger partial charge in [-0.05, 0) is 57.7 Å². The second kappa shape index (κ2) is 7.85. The number of carbonyl (C=O) groups excluding carboxylic acids is 1. The number of nitro groups is 1. The van der Waals surface area contributed by atoms with Gasteiger partial charge in [0.1, 0.15) is 12.3 Å². The summed E-state index contributed by atoms with van der Waals surface area (Å²) in [6.07, 6.45) is 5.41. The van der Waals surface area contributed by atoms with Crippen LogP contribution in [0.25, 0.3) is 6.08 Å². The summed E-state index contributed by atoms with van der Waals surface area (Å²) in [5, 5.41) is 11.4. The van der Waals surface area contributed by atoms with E-state index >= 15 is 0 Å². The zero-order valence-electron chi connectivity index (χ0n) is 18.7. The number of hydrogen-bond acceptors (Lipinski definition) is 7. The van der Waals surface area contributed by atoms with Crippen molar-refractivity contribution in [1.82, 2.24) is 0 Å². The highest BCUT2D eigenvalue weighted by atomic mass is 32.2. The standard InChI is InChI=1S/C24H26N2O5S/c1-15(2)30-21(27)14-25-19-9-7-6-8-18(19)23(3,4)24(25)11-10-16-12-17(26(28)29)13-20(32-5)22(16)31-24/h6-13,15H,14H2,1-5H3. The minimum Gasteiger partial charge on any atom is -0.462 e. The molecule has 0 N–H and O–H groups in total. The number of nitro benzene ring substituents is 1. The van der Waals surface area contributed by atoms with Gasteiger partial charge in [0, 0.05) is 23.4 Å². The topological polar surface area (TPSA) is 81.9 Å². The summed E-state index contributed by atoms with van der Waals surface area (Å²) in [4.78, 5) is 26.3. The zero-order valence-corrected chi connectivity index (χ0v) is 19.6. The number of fused-ring (bicyclic) bond motifs is 2. The molecule has 1 unspecified atom stereocenters. The lowest BCUT2D eigenvalue weighted by Crippen LogP contribution is -2.60. The number of carbonyl (C=O) groups is 1. The van der Waals surface area contributed by atoms with E-state index < -0.39 is 16.1 Å². The number of ether oxygens (including phenoxy) is 2. The van der Waals surface area contributed by atoms with Crippen molar-refractivity contribution in [3.05, 3.63) is 63.7 Å². The van der Waals surface area contributed by atoms with Crippen molar-refractivity contribution in [2.75, 3.05) is 17.7 Å². The molecule has 0 aliphatic carbocycles. The molecule has 2 aromatic rings. The Morgan fingerprint density at radius 3 is 2.66 bits per heavy atom. The van der Waals surface area contributed by atoms with Gasteiger partial charge in [-0.2, -0.15) is 0 Å². The summed E-state index contributed by atoms with van der Waals surface area (Å²) in [5.74, 6) is 0.233. The maximum atomic E-state index is 12.7. The Morgan fingerprint density at radius 1 is 1.28 bits per heavy atom. The van der Waals surface area contributed by atoms with E-state index in [1.807, 2.05) is 61.4 Å². The van der Waals surface area contributed by atoms with Crippen molar-refractivity contribution in [2.45, 2.75) is 49.8 Å². The van der Waals surface area contributed by atoms with Gasteiger partial charge in [-0.1, -0.05) is 18.2 Å². The number of rotatable bonds is 5. The molecule has 32 heavy (non-hydrogen) atoms. The van der Waals surface area contributed by atoms with Crippen LogP contribution in [0.2, 0.25) is 0 Å². The lowest BCUT2D eigenvalue weighted by molar-refractivity contribution is -0.385. The van der Waals surface area contributed by atoms with Crippen molar-refractivity contribution >= 4 is 35.2 Å². The van der Waals surface area contributed by atoms with E-state index in [1.54, 1.807) is 0 Å². The predicted octanol–water partition coefficient (Wildman–Crippen LogP) is 5.17. The predicted molar refractivity (Wildman–Crippen MR) is 125 cm³/mol. The lowest BCUT2D eigenvalue weighted by atomic mass is 9.76. The SMILES string of the molecule is CSc1cc([N+](=O)[O-])cc2c1OC1(C=C2)N(CC(=O)OC(C)C)c2ccccc2C1(C)C. The van der Waals surface area contributed by atoms with E-state index in [-0.39, 0.29) is 24.3 Å². The molecular formula is C24H26N2O5S. The van der Waals surface area contributed by atoms with Crippen molar-refractivity contribution < 1.29 is 19.2 Å². The molecule has 4 rings (SSSR count). The van der Waals surface area contributed by atoms with Crippen LogP contribution < -0.4 is 9.64 Å². The second-order valence-corrected chi connectivity index (χ2v) is 9.57. The van der Waals surface area contributed by atoms with Crippen LogP contribution in [0, 0.1) is 10.1 Å². The van der Waals surface area contributed by atoms with E-state index in [2.05, 4.69) is 13.8 Å². The number of para-hydroxylation sites is 1. The van der Waals surface area contributed by atoms with Gasteiger partial charge in [-0.25, -0.2) is 0 Å². The molecule has 2 heterocycles. The van der Waals surface area contributed by atoms with E-state index in [0.717, 1.165) is 11.3 Å². The van der Waals surface area contributed by atoms with Crippen LogP contribution in [0.15, 0.2) is 47.4 Å². The highest BCUT2D eigenvalue weighted by Crippen LogP contribution is 2.56. The molecule has 2 aliphatic heterocycles. The minimum absolute atomic E-state index is 0.0138. The second-order valence-electron chi connectivity index (χ2n) is 8.72. The fourth-order valence-electron chi connectivity index (χ4n) is 4.55. The molecule has 0 saturated heterocycles. The summed E-state index contributed by atoms with van der Waals surface area (Å²) in [6.45, 7) is 7.82. The molecule has 0 aromatic heterocycles. The Labute approximate surface area is 191 Å². The van der Waals surface area contributed by atoms with Crippen LogP contribution in [0.3, 0.4) is 0 Å². The molecule has 2 aromatic carbocycles. The molecule has 0 bridgehead atoms. The van der Waals surface area contributed by atoms with E-state index in [9.17, 15) is 14.9 Å². The van der Waals surface area contributed by atoms with Gasteiger partial charge in [0.25, 0.3) is 5.69 Å². The van der Waals surface area contributed by atoms with E-state index in [0.29, 0.717) is 16.2 Å². The van der Waals surface area contributed by atoms with E-state index in [1.165, 1.54) is 23.9 Å². The molecule has 1 spiro atoms. The summed E-state index contributed by atoms with van der Waals surface area (Å²) in [6, 6.07) is 11.0. The minimum atomic E-state index is -1.000. The van der Waals surface area contributed by atoms with Crippen molar-refractivity contribution in [3.63, 3.8) is 0 Å². The first-order valence-electron chi connectivity index (χ1n) is 10.4. The molecule has 0 amide bonds. The average molecular weight is 455 g/mol. The molecular weight excluding hydrogens is 428 g/mol. The highest BCUT2D eigenvalue weighted by molar-refractivity contribution is 7.98. The Balaban J connectivity index is 1.86. The molecule has 0 saturated carbocycles. The van der Waals surface area contributed by atoms with Crippen molar-refractivity contribution in [2.24, 2.45) is 0 Å². The lowest BCUT2D eigenvalue weighted by Gasteiger charge is -2.47.